The number of benzene rings is 1. The largest absolute Gasteiger partial charge is 0.378 e. The van der Waals surface area contributed by atoms with Gasteiger partial charge in [-0.2, -0.15) is 0 Å². The molecule has 0 radical (unpaired) electrons. The van der Waals surface area contributed by atoms with E-state index < -0.39 is 0 Å². The smallest absolute Gasteiger partial charge is 0.0519 e. The van der Waals surface area contributed by atoms with Crippen LogP contribution in [0.2, 0.25) is 5.02 Å². The molecule has 1 nitrogen and oxygen atoms in total. The van der Waals surface area contributed by atoms with E-state index in [4.69, 9.17) is 16.3 Å². The van der Waals surface area contributed by atoms with Gasteiger partial charge in [0.25, 0.3) is 0 Å². The number of hydrogen-bond acceptors (Lipinski definition) is 2. The molecule has 0 amide bonds. The first-order chi connectivity index (χ1) is 8.58. The Hall–Kier alpha value is -0.440. The molecule has 1 aromatic rings. The summed E-state index contributed by atoms with van der Waals surface area (Å²) >= 11 is 7.67. The van der Waals surface area contributed by atoms with E-state index >= 15 is 0 Å². The fourth-order valence-electron chi connectivity index (χ4n) is 1.37. The Morgan fingerprint density at radius 1 is 1.33 bits per heavy atom. The van der Waals surface area contributed by atoms with Crippen molar-refractivity contribution in [2.24, 2.45) is 0 Å². The van der Waals surface area contributed by atoms with Crippen molar-refractivity contribution in [2.75, 3.05) is 12.4 Å². The first-order valence-electron chi connectivity index (χ1n) is 6.23. The van der Waals surface area contributed by atoms with Crippen LogP contribution in [0.3, 0.4) is 0 Å². The molecule has 0 heterocycles. The Morgan fingerprint density at radius 2 is 2.00 bits per heavy atom. The van der Waals surface area contributed by atoms with Crippen LogP contribution in [0.1, 0.15) is 27.2 Å². The van der Waals surface area contributed by atoms with Crippen molar-refractivity contribution < 1.29 is 4.74 Å². The molecule has 0 aliphatic carbocycles. The molecule has 0 saturated carbocycles. The van der Waals surface area contributed by atoms with Gasteiger partial charge >= 0.3 is 0 Å². The molecule has 1 aromatic carbocycles. The maximum absolute atomic E-state index is 5.84. The molecule has 0 aromatic heterocycles. The minimum Gasteiger partial charge on any atom is -0.378 e. The lowest BCUT2D eigenvalue weighted by atomic mass is 10.2. The third kappa shape index (κ3) is 7.10. The highest BCUT2D eigenvalue weighted by Gasteiger charge is 1.96. The van der Waals surface area contributed by atoms with Gasteiger partial charge in [0, 0.05) is 15.7 Å². The molecule has 18 heavy (non-hydrogen) atoms. The summed E-state index contributed by atoms with van der Waals surface area (Å²) in [5.41, 5.74) is 1.39. The zero-order valence-corrected chi connectivity index (χ0v) is 12.9. The maximum atomic E-state index is 5.84. The summed E-state index contributed by atoms with van der Waals surface area (Å²) in [6.07, 6.45) is 3.60. The van der Waals surface area contributed by atoms with Crippen LogP contribution in [0.25, 0.3) is 0 Å². The molecule has 0 spiro atoms. The molecule has 0 atom stereocenters. The van der Waals surface area contributed by atoms with Crippen molar-refractivity contribution in [1.82, 2.24) is 0 Å². The van der Waals surface area contributed by atoms with Gasteiger partial charge in [0.1, 0.15) is 0 Å². The highest BCUT2D eigenvalue weighted by atomic mass is 35.5. The van der Waals surface area contributed by atoms with Gasteiger partial charge in [-0.15, -0.1) is 11.8 Å². The summed E-state index contributed by atoms with van der Waals surface area (Å²) in [6.45, 7) is 7.10. The van der Waals surface area contributed by atoms with Crippen molar-refractivity contribution in [3.05, 3.63) is 40.9 Å². The summed E-state index contributed by atoms with van der Waals surface area (Å²) in [7, 11) is 0. The highest BCUT2D eigenvalue weighted by Crippen LogP contribution is 2.20. The van der Waals surface area contributed by atoms with E-state index in [0.29, 0.717) is 6.10 Å². The monoisotopic (exact) mass is 284 g/mol. The van der Waals surface area contributed by atoms with Crippen LogP contribution in [-0.2, 0) is 4.74 Å². The summed E-state index contributed by atoms with van der Waals surface area (Å²) in [5.74, 6) is 0.995. The summed E-state index contributed by atoms with van der Waals surface area (Å²) < 4.78 is 5.53. The fraction of sp³-hybridized carbons (Fsp3) is 0.467. The van der Waals surface area contributed by atoms with Gasteiger partial charge in [-0.1, -0.05) is 23.3 Å². The molecule has 0 unspecified atom stereocenters. The molecule has 0 aliphatic heterocycles. The Balaban J connectivity index is 2.24. The third-order valence-corrected chi connectivity index (χ3v) is 3.63. The second kappa shape index (κ2) is 8.63. The number of ether oxygens (including phenoxy) is 1. The van der Waals surface area contributed by atoms with Gasteiger partial charge in [0.15, 0.2) is 0 Å². The predicted octanol–water partition coefficient (Wildman–Crippen LogP) is 5.19. The minimum atomic E-state index is 0.321. The standard InChI is InChI=1S/C15H21ClOS/c1-12(2)17-10-8-13(3)9-11-18-15-6-4-14(16)5-7-15/h4-7,9,12H,8,10-11H2,1-3H3. The van der Waals surface area contributed by atoms with Crippen molar-refractivity contribution in [3.63, 3.8) is 0 Å². The Bertz CT molecular complexity index is 371. The van der Waals surface area contributed by atoms with Crippen LogP contribution in [0.15, 0.2) is 40.8 Å². The summed E-state index contributed by atoms with van der Waals surface area (Å²) in [6, 6.07) is 7.96. The fourth-order valence-corrected chi connectivity index (χ4v) is 2.38. The zero-order chi connectivity index (χ0) is 13.4. The number of rotatable bonds is 7. The molecule has 0 bridgehead atoms. The van der Waals surface area contributed by atoms with Crippen molar-refractivity contribution in [2.45, 2.75) is 38.2 Å². The third-order valence-electron chi connectivity index (χ3n) is 2.44. The van der Waals surface area contributed by atoms with Crippen LogP contribution in [0.4, 0.5) is 0 Å². The lowest BCUT2D eigenvalue weighted by molar-refractivity contribution is 0.0813. The van der Waals surface area contributed by atoms with Gasteiger partial charge in [-0.25, -0.2) is 0 Å². The number of thioether (sulfide) groups is 1. The molecule has 0 saturated heterocycles. The van der Waals surface area contributed by atoms with Gasteiger partial charge in [0.2, 0.25) is 0 Å². The first-order valence-corrected chi connectivity index (χ1v) is 7.60. The Kier molecular flexibility index (Phi) is 7.48. The molecular formula is C15H21ClOS. The van der Waals surface area contributed by atoms with Crippen LogP contribution in [0, 0.1) is 0 Å². The maximum Gasteiger partial charge on any atom is 0.0519 e. The SMILES string of the molecule is CC(=CCSc1ccc(Cl)cc1)CCOC(C)C. The topological polar surface area (TPSA) is 9.23 Å². The number of hydrogen-bond donors (Lipinski definition) is 0. The quantitative estimate of drug-likeness (QED) is 0.503. The Morgan fingerprint density at radius 3 is 2.61 bits per heavy atom. The van der Waals surface area contributed by atoms with E-state index in [2.05, 4.69) is 39.0 Å². The van der Waals surface area contributed by atoms with E-state index in [1.165, 1.54) is 10.5 Å². The van der Waals surface area contributed by atoms with Crippen molar-refractivity contribution in [3.8, 4) is 0 Å². The van der Waals surface area contributed by atoms with E-state index in [0.717, 1.165) is 23.8 Å². The van der Waals surface area contributed by atoms with Gasteiger partial charge in [0.05, 0.1) is 12.7 Å². The highest BCUT2D eigenvalue weighted by molar-refractivity contribution is 7.99. The van der Waals surface area contributed by atoms with Crippen molar-refractivity contribution >= 4 is 23.4 Å². The number of halogens is 1. The average molecular weight is 285 g/mol. The second-order valence-electron chi connectivity index (χ2n) is 4.48. The van der Waals surface area contributed by atoms with E-state index in [9.17, 15) is 0 Å². The molecule has 100 valence electrons. The molecule has 1 rings (SSSR count). The average Bonchev–Trinajstić information content (AvgIpc) is 2.31. The second-order valence-corrected chi connectivity index (χ2v) is 6.01. The van der Waals surface area contributed by atoms with Crippen LogP contribution in [-0.4, -0.2) is 18.5 Å². The van der Waals surface area contributed by atoms with Crippen molar-refractivity contribution in [1.29, 1.82) is 0 Å². The van der Waals surface area contributed by atoms with Crippen LogP contribution >= 0.6 is 23.4 Å². The summed E-state index contributed by atoms with van der Waals surface area (Å²) in [4.78, 5) is 1.25. The molecule has 0 aliphatic rings. The summed E-state index contributed by atoms with van der Waals surface area (Å²) in [5, 5.41) is 0.789. The lowest BCUT2D eigenvalue weighted by Crippen LogP contribution is -2.03. The first kappa shape index (κ1) is 15.6. The predicted molar refractivity (Wildman–Crippen MR) is 81.6 cm³/mol. The van der Waals surface area contributed by atoms with Crippen LogP contribution < -0.4 is 0 Å². The van der Waals surface area contributed by atoms with E-state index in [1.54, 1.807) is 0 Å². The van der Waals surface area contributed by atoms with E-state index in [1.807, 2.05) is 23.9 Å². The molecule has 3 heteroatoms. The van der Waals surface area contributed by atoms with Gasteiger partial charge in [-0.05, 0) is 51.5 Å². The van der Waals surface area contributed by atoms with Gasteiger partial charge in [-0.3, -0.25) is 0 Å². The van der Waals surface area contributed by atoms with Gasteiger partial charge < -0.3 is 4.74 Å². The minimum absolute atomic E-state index is 0.321. The normalized spacial score (nSPS) is 12.2. The molecule has 0 N–H and O–H groups in total. The molecular weight excluding hydrogens is 264 g/mol. The Labute approximate surface area is 120 Å². The zero-order valence-electron chi connectivity index (χ0n) is 11.3. The van der Waals surface area contributed by atoms with E-state index in [-0.39, 0.29) is 0 Å². The molecule has 0 fully saturated rings. The van der Waals surface area contributed by atoms with Crippen LogP contribution in [0.5, 0.6) is 0 Å². The lowest BCUT2D eigenvalue weighted by Gasteiger charge is -2.07.